The van der Waals surface area contributed by atoms with Crippen LogP contribution in [0.3, 0.4) is 0 Å². The smallest absolute Gasteiger partial charge is 0.225 e. The quantitative estimate of drug-likeness (QED) is 0.210. The molecule has 1 aromatic carbocycles. The number of ether oxygens (including phenoxy) is 1. The van der Waals surface area contributed by atoms with Gasteiger partial charge in [0.05, 0.1) is 6.54 Å². The molecule has 0 unspecified atom stereocenters. The van der Waals surface area contributed by atoms with Gasteiger partial charge in [-0.05, 0) is 31.5 Å². The molecule has 1 saturated heterocycles. The van der Waals surface area contributed by atoms with Gasteiger partial charge in [-0.1, -0.05) is 18.2 Å². The van der Waals surface area contributed by atoms with Crippen molar-refractivity contribution in [2.45, 2.75) is 13.3 Å². The number of aromatic nitrogens is 2. The lowest BCUT2D eigenvalue weighted by Crippen LogP contribution is -2.47. The third-order valence-electron chi connectivity index (χ3n) is 5.24. The summed E-state index contributed by atoms with van der Waals surface area (Å²) >= 11 is 0. The number of benzene rings is 1. The average molecular weight is 553 g/mol. The zero-order chi connectivity index (χ0) is 21.7. The molecule has 8 nitrogen and oxygen atoms in total. The molecule has 2 heterocycles. The number of aliphatic imine (C=N–C) groups is 1. The van der Waals surface area contributed by atoms with Gasteiger partial charge in [0, 0.05) is 65.3 Å². The van der Waals surface area contributed by atoms with E-state index < -0.39 is 0 Å². The van der Waals surface area contributed by atoms with E-state index in [1.165, 1.54) is 0 Å². The molecule has 2 aromatic rings. The molecule has 1 aromatic heterocycles. The number of rotatable bonds is 10. The predicted octanol–water partition coefficient (Wildman–Crippen LogP) is 2.58. The average Bonchev–Trinajstić information content (AvgIpc) is 2.82. The van der Waals surface area contributed by atoms with Crippen LogP contribution in [0.2, 0.25) is 0 Å². The highest BCUT2D eigenvalue weighted by Crippen LogP contribution is 2.10. The third kappa shape index (κ3) is 8.78. The van der Waals surface area contributed by atoms with Gasteiger partial charge in [-0.25, -0.2) is 9.97 Å². The monoisotopic (exact) mass is 553 g/mol. The number of hydrogen-bond acceptors (Lipinski definition) is 6. The highest BCUT2D eigenvalue weighted by molar-refractivity contribution is 14.0. The molecule has 0 radical (unpaired) electrons. The van der Waals surface area contributed by atoms with Crippen LogP contribution in [0.15, 0.2) is 53.8 Å². The minimum atomic E-state index is 0. The van der Waals surface area contributed by atoms with E-state index in [9.17, 15) is 0 Å². The van der Waals surface area contributed by atoms with Crippen molar-refractivity contribution in [3.05, 3.63) is 48.8 Å². The zero-order valence-electron chi connectivity index (χ0n) is 19.2. The van der Waals surface area contributed by atoms with E-state index in [1.807, 2.05) is 36.4 Å². The molecule has 0 atom stereocenters. The van der Waals surface area contributed by atoms with Crippen LogP contribution in [0, 0.1) is 0 Å². The van der Waals surface area contributed by atoms with Crippen LogP contribution in [0.5, 0.6) is 5.75 Å². The first-order chi connectivity index (χ1) is 15.3. The van der Waals surface area contributed by atoms with Gasteiger partial charge in [0.1, 0.15) is 12.4 Å². The lowest BCUT2D eigenvalue weighted by molar-refractivity contribution is 0.255. The maximum absolute atomic E-state index is 5.81. The molecule has 1 aliphatic rings. The number of likely N-dealkylation sites (N-methyl/N-ethyl adjacent to an activating group) is 1. The zero-order valence-corrected chi connectivity index (χ0v) is 21.5. The van der Waals surface area contributed by atoms with Crippen molar-refractivity contribution in [1.29, 1.82) is 0 Å². The second-order valence-corrected chi connectivity index (χ2v) is 7.55. The summed E-state index contributed by atoms with van der Waals surface area (Å²) < 4.78 is 5.81. The van der Waals surface area contributed by atoms with E-state index in [-0.39, 0.29) is 24.0 Å². The first kappa shape index (κ1) is 26.1. The topological polar surface area (TPSA) is 69.1 Å². The first-order valence-electron chi connectivity index (χ1n) is 11.2. The molecule has 0 spiro atoms. The summed E-state index contributed by atoms with van der Waals surface area (Å²) in [5.41, 5.74) is 0. The van der Waals surface area contributed by atoms with Crippen molar-refractivity contribution < 1.29 is 4.74 Å². The minimum absolute atomic E-state index is 0. The molecule has 0 saturated carbocycles. The fraction of sp³-hybridized carbons (Fsp3) is 0.522. The van der Waals surface area contributed by atoms with Crippen LogP contribution in [0.4, 0.5) is 5.95 Å². The van der Waals surface area contributed by atoms with E-state index in [2.05, 4.69) is 44.0 Å². The Balaban J connectivity index is 0.00000363. The molecule has 1 N–H and O–H groups in total. The number of guanidine groups is 1. The highest BCUT2D eigenvalue weighted by Gasteiger charge is 2.18. The van der Waals surface area contributed by atoms with Crippen LogP contribution in [-0.4, -0.2) is 91.7 Å². The number of nitrogens with zero attached hydrogens (tertiary/aromatic N) is 6. The summed E-state index contributed by atoms with van der Waals surface area (Å²) in [6, 6.07) is 11.8. The second kappa shape index (κ2) is 14.8. The number of halogens is 1. The maximum Gasteiger partial charge on any atom is 0.225 e. The molecule has 1 aliphatic heterocycles. The standard InChI is InChI=1S/C23H35N7O.HI/c1-3-24-22(28(2)19-20-31-21-9-5-4-6-10-21)25-13-8-14-29-15-17-30(18-16-29)23-26-11-7-12-27-23;/h4-7,9-12H,3,8,13-20H2,1-2H3,(H,24,25);1H. The second-order valence-electron chi connectivity index (χ2n) is 7.55. The number of para-hydroxylation sites is 1. The number of nitrogens with one attached hydrogen (secondary N) is 1. The van der Waals surface area contributed by atoms with Gasteiger partial charge in [0.2, 0.25) is 5.95 Å². The van der Waals surface area contributed by atoms with Crippen molar-refractivity contribution in [2.75, 3.05) is 70.9 Å². The molecule has 176 valence electrons. The third-order valence-corrected chi connectivity index (χ3v) is 5.24. The largest absolute Gasteiger partial charge is 0.492 e. The van der Waals surface area contributed by atoms with E-state index in [4.69, 9.17) is 9.73 Å². The predicted molar refractivity (Wildman–Crippen MR) is 141 cm³/mol. The summed E-state index contributed by atoms with van der Waals surface area (Å²) in [7, 11) is 2.06. The van der Waals surface area contributed by atoms with Crippen molar-refractivity contribution in [3.63, 3.8) is 0 Å². The van der Waals surface area contributed by atoms with Gasteiger partial charge in [-0.15, -0.1) is 24.0 Å². The van der Waals surface area contributed by atoms with Crippen LogP contribution in [0.1, 0.15) is 13.3 Å². The minimum Gasteiger partial charge on any atom is -0.492 e. The number of piperazine rings is 1. The van der Waals surface area contributed by atoms with Gasteiger partial charge >= 0.3 is 0 Å². The molecule has 9 heteroatoms. The SMILES string of the molecule is CCNC(=NCCCN1CCN(c2ncccn2)CC1)N(C)CCOc1ccccc1.I. The Hall–Kier alpha value is -2.14. The summed E-state index contributed by atoms with van der Waals surface area (Å²) in [5, 5.41) is 3.38. The molecule has 3 rings (SSSR count). The Morgan fingerprint density at radius 1 is 1.09 bits per heavy atom. The summed E-state index contributed by atoms with van der Waals surface area (Å²) in [6.07, 6.45) is 4.66. The molecular formula is C23H36IN7O. The Labute approximate surface area is 209 Å². The molecule has 32 heavy (non-hydrogen) atoms. The number of hydrogen-bond donors (Lipinski definition) is 1. The van der Waals surface area contributed by atoms with Crippen LogP contribution < -0.4 is 15.0 Å². The van der Waals surface area contributed by atoms with Crippen molar-refractivity contribution in [3.8, 4) is 5.75 Å². The number of anilines is 1. The summed E-state index contributed by atoms with van der Waals surface area (Å²) in [6.45, 7) is 10.3. The maximum atomic E-state index is 5.81. The Kier molecular flexibility index (Phi) is 12.1. The van der Waals surface area contributed by atoms with Crippen molar-refractivity contribution in [1.82, 2.24) is 25.1 Å². The molecule has 0 bridgehead atoms. The highest BCUT2D eigenvalue weighted by atomic mass is 127. The van der Waals surface area contributed by atoms with Crippen LogP contribution >= 0.6 is 24.0 Å². The van der Waals surface area contributed by atoms with Crippen molar-refractivity contribution in [2.24, 2.45) is 4.99 Å². The van der Waals surface area contributed by atoms with E-state index in [1.54, 1.807) is 12.4 Å². The Bertz CT molecular complexity index is 770. The first-order valence-corrected chi connectivity index (χ1v) is 11.2. The van der Waals surface area contributed by atoms with E-state index in [0.717, 1.165) is 76.4 Å². The van der Waals surface area contributed by atoms with E-state index in [0.29, 0.717) is 6.61 Å². The van der Waals surface area contributed by atoms with Gasteiger partial charge in [0.15, 0.2) is 5.96 Å². The van der Waals surface area contributed by atoms with Gasteiger partial charge in [-0.2, -0.15) is 0 Å². The lowest BCUT2D eigenvalue weighted by Gasteiger charge is -2.34. The van der Waals surface area contributed by atoms with Crippen LogP contribution in [-0.2, 0) is 0 Å². The molecule has 0 aliphatic carbocycles. The lowest BCUT2D eigenvalue weighted by atomic mass is 10.3. The fourth-order valence-electron chi connectivity index (χ4n) is 3.50. The Morgan fingerprint density at radius 3 is 2.50 bits per heavy atom. The van der Waals surface area contributed by atoms with E-state index >= 15 is 0 Å². The van der Waals surface area contributed by atoms with Gasteiger partial charge in [0.25, 0.3) is 0 Å². The fourth-order valence-corrected chi connectivity index (χ4v) is 3.50. The van der Waals surface area contributed by atoms with Gasteiger partial charge in [-0.3, -0.25) is 9.89 Å². The molecular weight excluding hydrogens is 517 g/mol. The normalized spacial score (nSPS) is 14.6. The molecule has 1 fully saturated rings. The van der Waals surface area contributed by atoms with Crippen molar-refractivity contribution >= 4 is 35.9 Å². The van der Waals surface area contributed by atoms with Gasteiger partial charge < -0.3 is 19.9 Å². The van der Waals surface area contributed by atoms with Crippen LogP contribution in [0.25, 0.3) is 0 Å². The molecule has 0 amide bonds. The summed E-state index contributed by atoms with van der Waals surface area (Å²) in [5.74, 6) is 2.67. The Morgan fingerprint density at radius 2 is 1.81 bits per heavy atom. The summed E-state index contributed by atoms with van der Waals surface area (Å²) in [4.78, 5) is 20.4.